The number of nitrogens with one attached hydrogen (secondary N) is 1. The number of pyridine rings is 1. The number of aryl methyl sites for hydroxylation is 1. The van der Waals surface area contributed by atoms with E-state index < -0.39 is 0 Å². The van der Waals surface area contributed by atoms with Crippen LogP contribution in [-0.2, 0) is 13.0 Å². The summed E-state index contributed by atoms with van der Waals surface area (Å²) in [7, 11) is 0. The summed E-state index contributed by atoms with van der Waals surface area (Å²) in [6.07, 6.45) is 10.6. The Labute approximate surface area is 211 Å². The molecule has 1 saturated carbocycles. The third-order valence-electron chi connectivity index (χ3n) is 7.59. The average Bonchev–Trinajstić information content (AvgIpc) is 3.65. The minimum atomic E-state index is 0.117. The fraction of sp³-hybridized carbons (Fsp3) is 0.464. The molecule has 5 rings (SSSR count). The summed E-state index contributed by atoms with van der Waals surface area (Å²) in [4.78, 5) is 18.4. The number of imidazole rings is 1. The number of nitrogens with zero attached hydrogens (tertiary/aromatic N) is 6. The largest absolute Gasteiger partial charge is 0.328 e. The Hall–Kier alpha value is -3.55. The number of benzene rings is 1. The van der Waals surface area contributed by atoms with Crippen LogP contribution in [0.2, 0.25) is 0 Å². The van der Waals surface area contributed by atoms with Crippen LogP contribution in [0.1, 0.15) is 70.2 Å². The summed E-state index contributed by atoms with van der Waals surface area (Å²) >= 11 is 0. The molecular formula is C28H35N7O. The fourth-order valence-corrected chi connectivity index (χ4v) is 5.65. The molecule has 1 aliphatic carbocycles. The first-order valence-electron chi connectivity index (χ1n) is 13.2. The van der Waals surface area contributed by atoms with E-state index in [-0.39, 0.29) is 5.69 Å². The molecule has 188 valence electrons. The molecule has 4 aromatic rings. The predicted octanol–water partition coefficient (Wildman–Crippen LogP) is 5.28. The maximum absolute atomic E-state index is 13.7. The Bertz CT molecular complexity index is 1340. The molecule has 3 aromatic heterocycles. The van der Waals surface area contributed by atoms with Gasteiger partial charge in [0, 0.05) is 35.3 Å². The third-order valence-corrected chi connectivity index (χ3v) is 7.59. The van der Waals surface area contributed by atoms with Gasteiger partial charge in [-0.15, -0.1) is 5.10 Å². The van der Waals surface area contributed by atoms with Gasteiger partial charge in [0.2, 0.25) is 0 Å². The number of hydrogen-bond donors (Lipinski definition) is 1. The summed E-state index contributed by atoms with van der Waals surface area (Å²) in [6, 6.07) is 12.3. The van der Waals surface area contributed by atoms with E-state index in [1.54, 1.807) is 0 Å². The lowest BCUT2D eigenvalue weighted by molar-refractivity contribution is 0.288. The first-order valence-corrected chi connectivity index (χ1v) is 13.2. The number of aromatic nitrogens is 7. The molecule has 2 atom stereocenters. The summed E-state index contributed by atoms with van der Waals surface area (Å²) in [6.45, 7) is 7.30. The molecule has 0 amide bonds. The van der Waals surface area contributed by atoms with Gasteiger partial charge in [0.1, 0.15) is 0 Å². The highest BCUT2D eigenvalue weighted by molar-refractivity contribution is 5.78. The van der Waals surface area contributed by atoms with Crippen LogP contribution in [0.25, 0.3) is 22.6 Å². The quantitative estimate of drug-likeness (QED) is 0.348. The smallest absolute Gasteiger partial charge is 0.296 e. The Morgan fingerprint density at radius 2 is 1.94 bits per heavy atom. The van der Waals surface area contributed by atoms with E-state index in [0.717, 1.165) is 53.8 Å². The van der Waals surface area contributed by atoms with Crippen LogP contribution >= 0.6 is 0 Å². The lowest BCUT2D eigenvalue weighted by Gasteiger charge is -2.23. The van der Waals surface area contributed by atoms with Gasteiger partial charge in [0.25, 0.3) is 0 Å². The van der Waals surface area contributed by atoms with Crippen molar-refractivity contribution in [1.82, 2.24) is 34.7 Å². The van der Waals surface area contributed by atoms with Crippen LogP contribution in [0.3, 0.4) is 0 Å². The molecule has 1 N–H and O–H groups in total. The van der Waals surface area contributed by atoms with Crippen molar-refractivity contribution in [2.45, 2.75) is 71.9 Å². The van der Waals surface area contributed by atoms with Gasteiger partial charge in [-0.3, -0.25) is 14.1 Å². The van der Waals surface area contributed by atoms with Gasteiger partial charge in [-0.05, 0) is 59.6 Å². The third kappa shape index (κ3) is 4.76. The minimum Gasteiger partial charge on any atom is -0.296 e. The van der Waals surface area contributed by atoms with Crippen LogP contribution in [-0.4, -0.2) is 34.7 Å². The standard InChI is InChI=1S/C28H35N7O/c1-4-5-9-21-18-35(26-13-8-12-22(26)19(2)3)28(36)34(21)17-20-14-15-25(29-16-20)23-10-6-7-11-24(23)27-30-32-33-31-27/h6-7,10-11,14-16,18-19,22,26H,4-5,8-9,12-13,17H2,1-3H3,(H,30,31,32,33). The Morgan fingerprint density at radius 3 is 2.64 bits per heavy atom. The topological polar surface area (TPSA) is 94.3 Å². The molecule has 0 bridgehead atoms. The molecule has 8 nitrogen and oxygen atoms in total. The van der Waals surface area contributed by atoms with Crippen molar-refractivity contribution in [2.75, 3.05) is 0 Å². The van der Waals surface area contributed by atoms with Crippen molar-refractivity contribution in [3.05, 3.63) is 70.5 Å². The highest BCUT2D eigenvalue weighted by Crippen LogP contribution is 2.39. The number of H-pyrrole nitrogens is 1. The van der Waals surface area contributed by atoms with Crippen molar-refractivity contribution in [2.24, 2.45) is 11.8 Å². The van der Waals surface area contributed by atoms with E-state index in [4.69, 9.17) is 4.98 Å². The molecule has 0 aliphatic heterocycles. The predicted molar refractivity (Wildman–Crippen MR) is 140 cm³/mol. The van der Waals surface area contributed by atoms with E-state index in [2.05, 4.69) is 53.7 Å². The van der Waals surface area contributed by atoms with Gasteiger partial charge in [0.05, 0.1) is 12.2 Å². The highest BCUT2D eigenvalue weighted by atomic mass is 16.1. The van der Waals surface area contributed by atoms with Crippen molar-refractivity contribution < 1.29 is 0 Å². The second-order valence-corrected chi connectivity index (χ2v) is 10.3. The summed E-state index contributed by atoms with van der Waals surface area (Å²) in [5.74, 6) is 1.76. The second kappa shape index (κ2) is 10.6. The Balaban J connectivity index is 1.44. The van der Waals surface area contributed by atoms with Gasteiger partial charge < -0.3 is 0 Å². The molecule has 1 fully saturated rings. The number of aromatic amines is 1. The summed E-state index contributed by atoms with van der Waals surface area (Å²) in [5, 5.41) is 14.3. The molecule has 2 unspecified atom stereocenters. The van der Waals surface area contributed by atoms with Crippen LogP contribution in [0.4, 0.5) is 0 Å². The second-order valence-electron chi connectivity index (χ2n) is 10.3. The summed E-state index contributed by atoms with van der Waals surface area (Å²) in [5.41, 5.74) is 4.95. The lowest BCUT2D eigenvalue weighted by atomic mass is 9.91. The van der Waals surface area contributed by atoms with Gasteiger partial charge in [-0.2, -0.15) is 0 Å². The van der Waals surface area contributed by atoms with Gasteiger partial charge in [-0.25, -0.2) is 9.89 Å². The van der Waals surface area contributed by atoms with Crippen molar-refractivity contribution in [1.29, 1.82) is 0 Å². The van der Waals surface area contributed by atoms with Crippen LogP contribution in [0, 0.1) is 11.8 Å². The average molecular weight is 486 g/mol. The van der Waals surface area contributed by atoms with Crippen molar-refractivity contribution in [3.8, 4) is 22.6 Å². The normalized spacial score (nSPS) is 17.8. The highest BCUT2D eigenvalue weighted by Gasteiger charge is 2.32. The number of unbranched alkanes of at least 4 members (excludes halogenated alkanes) is 1. The van der Waals surface area contributed by atoms with Crippen LogP contribution in [0.15, 0.2) is 53.6 Å². The lowest BCUT2D eigenvalue weighted by Crippen LogP contribution is -2.31. The zero-order valence-electron chi connectivity index (χ0n) is 21.4. The first-order chi connectivity index (χ1) is 17.6. The van der Waals surface area contributed by atoms with Gasteiger partial charge in [-0.1, -0.05) is 63.9 Å². The minimum absolute atomic E-state index is 0.117. The molecule has 3 heterocycles. The van der Waals surface area contributed by atoms with Crippen LogP contribution in [0.5, 0.6) is 0 Å². The van der Waals surface area contributed by atoms with Gasteiger partial charge in [0.15, 0.2) is 5.82 Å². The van der Waals surface area contributed by atoms with E-state index in [1.807, 2.05) is 45.7 Å². The molecule has 8 heteroatoms. The molecule has 0 saturated heterocycles. The maximum Gasteiger partial charge on any atom is 0.328 e. The van der Waals surface area contributed by atoms with Crippen molar-refractivity contribution in [3.63, 3.8) is 0 Å². The van der Waals surface area contributed by atoms with Gasteiger partial charge >= 0.3 is 5.69 Å². The first kappa shape index (κ1) is 24.2. The molecule has 36 heavy (non-hydrogen) atoms. The maximum atomic E-state index is 13.7. The van der Waals surface area contributed by atoms with E-state index >= 15 is 0 Å². The van der Waals surface area contributed by atoms with E-state index in [9.17, 15) is 4.79 Å². The zero-order chi connectivity index (χ0) is 25.1. The van der Waals surface area contributed by atoms with E-state index in [0.29, 0.717) is 30.2 Å². The Kier molecular flexibility index (Phi) is 7.11. The number of tetrazole rings is 1. The zero-order valence-corrected chi connectivity index (χ0v) is 21.4. The number of rotatable bonds is 9. The molecule has 0 spiro atoms. The molecular weight excluding hydrogens is 450 g/mol. The Morgan fingerprint density at radius 1 is 1.11 bits per heavy atom. The fourth-order valence-electron chi connectivity index (χ4n) is 5.65. The molecule has 0 radical (unpaired) electrons. The van der Waals surface area contributed by atoms with Crippen LogP contribution < -0.4 is 5.69 Å². The monoisotopic (exact) mass is 485 g/mol. The van der Waals surface area contributed by atoms with E-state index in [1.165, 1.54) is 12.8 Å². The van der Waals surface area contributed by atoms with Crippen molar-refractivity contribution >= 4 is 0 Å². The molecule has 1 aromatic carbocycles. The number of hydrogen-bond acceptors (Lipinski definition) is 5. The molecule has 1 aliphatic rings. The summed E-state index contributed by atoms with van der Waals surface area (Å²) < 4.78 is 4.02. The SMILES string of the molecule is CCCCc1cn(C2CCCC2C(C)C)c(=O)n1Cc1ccc(-c2ccccc2-c2nnn[nH]2)nc1.